The maximum absolute atomic E-state index is 13.5. The number of methoxy groups -OCH3 is 1. The van der Waals surface area contributed by atoms with Crippen LogP contribution in [0.5, 0.6) is 0 Å². The van der Waals surface area contributed by atoms with Gasteiger partial charge in [-0.1, -0.05) is 25.4 Å². The topological polar surface area (TPSA) is 64.3 Å². The molecule has 6 heteroatoms. The van der Waals surface area contributed by atoms with Gasteiger partial charge in [0.2, 0.25) is 0 Å². The maximum Gasteiger partial charge on any atom is 0.157 e. The van der Waals surface area contributed by atoms with E-state index >= 15 is 0 Å². The molecule has 0 amide bonds. The minimum Gasteiger partial charge on any atom is -0.390 e. The molecule has 5 nitrogen and oxygen atoms in total. The van der Waals surface area contributed by atoms with Crippen molar-refractivity contribution < 1.29 is 14.6 Å². The van der Waals surface area contributed by atoms with E-state index < -0.39 is 5.60 Å². The highest BCUT2D eigenvalue weighted by atomic mass is 35.5. The Hall–Kier alpha value is -0.910. The van der Waals surface area contributed by atoms with Crippen molar-refractivity contribution >= 4 is 17.4 Å². The van der Waals surface area contributed by atoms with Crippen LogP contribution >= 0.6 is 11.6 Å². The van der Waals surface area contributed by atoms with Gasteiger partial charge in [-0.15, -0.1) is 0 Å². The van der Waals surface area contributed by atoms with Crippen LogP contribution in [0.25, 0.3) is 0 Å². The third kappa shape index (κ3) is 3.63. The second-order valence-corrected chi connectivity index (χ2v) is 13.1. The number of rotatable bonds is 5. The number of ketones is 1. The molecule has 184 valence electrons. The molecule has 0 saturated heterocycles. The standard InChI is InChI=1S/C27H41ClN2O3/c1-24(32)11-12-27(17-33-4)18(13-24)7-9-26(3)22-6-5-20(25(22,2)10-8-23(26)27)21(31)16-30-15-19(28)14-29-30/h14-15,18,20,22-23,32H,5-13,16-17H2,1-4H3/t18-,20-,22-,23+,24-,25-,26+,27-/m1/s1. The Labute approximate surface area is 203 Å². The molecule has 8 atom stereocenters. The number of nitrogens with zero attached hydrogens (tertiary/aromatic N) is 2. The van der Waals surface area contributed by atoms with Crippen LogP contribution in [0.3, 0.4) is 0 Å². The fourth-order valence-electron chi connectivity index (χ4n) is 9.65. The van der Waals surface area contributed by atoms with Gasteiger partial charge in [0.1, 0.15) is 0 Å². The summed E-state index contributed by atoms with van der Waals surface area (Å²) in [6.45, 7) is 8.10. The summed E-state index contributed by atoms with van der Waals surface area (Å²) in [5.74, 6) is 2.13. The normalized spacial score (nSPS) is 47.0. The molecule has 1 aromatic heterocycles. The smallest absolute Gasteiger partial charge is 0.157 e. The molecule has 1 N–H and O–H groups in total. The Kier molecular flexibility index (Phi) is 5.82. The Balaban J connectivity index is 1.42. The van der Waals surface area contributed by atoms with Crippen molar-refractivity contribution in [3.8, 4) is 0 Å². The first-order valence-electron chi connectivity index (χ1n) is 13.0. The van der Waals surface area contributed by atoms with Gasteiger partial charge in [-0.2, -0.15) is 5.10 Å². The number of carbonyl (C=O) groups is 1. The molecular weight excluding hydrogens is 436 g/mol. The summed E-state index contributed by atoms with van der Waals surface area (Å²) in [4.78, 5) is 13.5. The van der Waals surface area contributed by atoms with Crippen LogP contribution in [-0.4, -0.2) is 40.0 Å². The second kappa shape index (κ2) is 8.06. The molecule has 0 aliphatic heterocycles. The minimum atomic E-state index is -0.543. The van der Waals surface area contributed by atoms with Crippen molar-refractivity contribution in [2.24, 2.45) is 39.9 Å². The largest absolute Gasteiger partial charge is 0.390 e. The Morgan fingerprint density at radius 2 is 1.88 bits per heavy atom. The van der Waals surface area contributed by atoms with Crippen molar-refractivity contribution in [3.05, 3.63) is 17.4 Å². The van der Waals surface area contributed by atoms with Gasteiger partial charge in [-0.3, -0.25) is 9.48 Å². The molecule has 5 rings (SSSR count). The van der Waals surface area contributed by atoms with Crippen LogP contribution in [0.4, 0.5) is 0 Å². The quantitative estimate of drug-likeness (QED) is 0.606. The molecule has 0 spiro atoms. The van der Waals surface area contributed by atoms with Crippen LogP contribution in [0.1, 0.15) is 78.6 Å². The van der Waals surface area contributed by atoms with Gasteiger partial charge in [0.05, 0.1) is 30.0 Å². The maximum atomic E-state index is 13.5. The van der Waals surface area contributed by atoms with Crippen molar-refractivity contribution in [1.82, 2.24) is 9.78 Å². The van der Waals surface area contributed by atoms with E-state index in [0.29, 0.717) is 35.1 Å². The third-order valence-electron chi connectivity index (χ3n) is 11.0. The van der Waals surface area contributed by atoms with Crippen molar-refractivity contribution in [3.63, 3.8) is 0 Å². The van der Waals surface area contributed by atoms with Gasteiger partial charge >= 0.3 is 0 Å². The number of fused-ring (bicyclic) bond motifs is 5. The highest BCUT2D eigenvalue weighted by molar-refractivity contribution is 6.30. The summed E-state index contributed by atoms with van der Waals surface area (Å²) < 4.78 is 7.61. The van der Waals surface area contributed by atoms with Gasteiger partial charge < -0.3 is 9.84 Å². The van der Waals surface area contributed by atoms with E-state index in [1.54, 1.807) is 17.1 Å². The van der Waals surface area contributed by atoms with Crippen molar-refractivity contribution in [2.75, 3.05) is 13.7 Å². The molecule has 4 aliphatic rings. The zero-order valence-corrected chi connectivity index (χ0v) is 21.5. The monoisotopic (exact) mass is 476 g/mol. The average Bonchev–Trinajstić information content (AvgIpc) is 3.31. The highest BCUT2D eigenvalue weighted by Gasteiger charge is 2.67. The molecule has 4 fully saturated rings. The Bertz CT molecular complexity index is 915. The SMILES string of the molecule is COC[C@]12CC[C@@](C)(O)C[C@H]1CC[C@@]1(C)[C@@H]3CC[C@H](C(=O)Cn4cc(Cl)cn4)[C@@]3(C)CC[C@@H]12. The fraction of sp³-hybridized carbons (Fsp3) is 0.852. The Morgan fingerprint density at radius 1 is 1.12 bits per heavy atom. The first kappa shape index (κ1) is 23.8. The average molecular weight is 477 g/mol. The van der Waals surface area contributed by atoms with Crippen LogP contribution in [0.2, 0.25) is 5.02 Å². The van der Waals surface area contributed by atoms with E-state index in [2.05, 4.69) is 18.9 Å². The lowest BCUT2D eigenvalue weighted by molar-refractivity contribution is -0.208. The number of aromatic nitrogens is 2. The van der Waals surface area contributed by atoms with Gasteiger partial charge in [-0.05, 0) is 93.3 Å². The fourth-order valence-corrected chi connectivity index (χ4v) is 9.80. The van der Waals surface area contributed by atoms with Crippen LogP contribution < -0.4 is 0 Å². The highest BCUT2D eigenvalue weighted by Crippen LogP contribution is 2.72. The summed E-state index contributed by atoms with van der Waals surface area (Å²) in [6.07, 6.45) is 13.0. The first-order valence-corrected chi connectivity index (χ1v) is 13.3. The molecule has 0 radical (unpaired) electrons. The van der Waals surface area contributed by atoms with Crippen LogP contribution in [0.15, 0.2) is 12.4 Å². The summed E-state index contributed by atoms with van der Waals surface area (Å²) in [6, 6.07) is 0. The van der Waals surface area contributed by atoms with Gasteiger partial charge in [0.15, 0.2) is 5.78 Å². The predicted octanol–water partition coefficient (Wildman–Crippen LogP) is 5.53. The number of halogens is 1. The summed E-state index contributed by atoms with van der Waals surface area (Å²) in [5, 5.41) is 15.7. The first-order chi connectivity index (χ1) is 15.5. The van der Waals surface area contributed by atoms with E-state index in [1.165, 1.54) is 19.3 Å². The number of hydrogen-bond donors (Lipinski definition) is 1. The van der Waals surface area contributed by atoms with Crippen molar-refractivity contribution in [2.45, 2.75) is 90.7 Å². The number of carbonyl (C=O) groups excluding carboxylic acids is 1. The molecule has 0 aromatic carbocycles. The van der Waals surface area contributed by atoms with E-state index in [1.807, 2.05) is 14.0 Å². The lowest BCUT2D eigenvalue weighted by Crippen LogP contribution is -2.62. The summed E-state index contributed by atoms with van der Waals surface area (Å²) >= 11 is 6.03. The molecule has 0 unspecified atom stereocenters. The zero-order chi connectivity index (χ0) is 23.6. The number of hydrogen-bond acceptors (Lipinski definition) is 4. The van der Waals surface area contributed by atoms with Gasteiger partial charge in [0.25, 0.3) is 0 Å². The molecule has 0 bridgehead atoms. The van der Waals surface area contributed by atoms with E-state index in [0.717, 1.165) is 45.1 Å². The van der Waals surface area contributed by atoms with Crippen LogP contribution in [0, 0.1) is 39.9 Å². The van der Waals surface area contributed by atoms with E-state index in [9.17, 15) is 9.90 Å². The predicted molar refractivity (Wildman–Crippen MR) is 129 cm³/mol. The summed E-state index contributed by atoms with van der Waals surface area (Å²) in [7, 11) is 1.85. The summed E-state index contributed by atoms with van der Waals surface area (Å²) in [5.41, 5.74) is -0.0892. The molecular formula is C27H41ClN2O3. The number of Topliss-reactive ketones (excluding diaryl/α,β-unsaturated/α-hetero) is 1. The molecule has 1 aromatic rings. The molecule has 1 heterocycles. The zero-order valence-electron chi connectivity index (χ0n) is 20.8. The molecule has 4 saturated carbocycles. The van der Waals surface area contributed by atoms with Gasteiger partial charge in [0, 0.05) is 24.6 Å². The molecule has 4 aliphatic carbocycles. The second-order valence-electron chi connectivity index (χ2n) is 12.7. The number of ether oxygens (including phenoxy) is 1. The molecule has 33 heavy (non-hydrogen) atoms. The van der Waals surface area contributed by atoms with Crippen LogP contribution in [-0.2, 0) is 16.1 Å². The lowest BCUT2D eigenvalue weighted by Gasteiger charge is -2.67. The lowest BCUT2D eigenvalue weighted by atomic mass is 9.38. The van der Waals surface area contributed by atoms with Crippen molar-refractivity contribution in [1.29, 1.82) is 0 Å². The van der Waals surface area contributed by atoms with E-state index in [4.69, 9.17) is 16.3 Å². The number of aliphatic hydroxyl groups is 1. The Morgan fingerprint density at radius 3 is 2.58 bits per heavy atom. The van der Waals surface area contributed by atoms with E-state index in [-0.39, 0.29) is 22.2 Å². The van der Waals surface area contributed by atoms with Gasteiger partial charge in [-0.25, -0.2) is 0 Å². The third-order valence-corrected chi connectivity index (χ3v) is 11.2. The minimum absolute atomic E-state index is 0.0561.